The molecule has 0 saturated carbocycles. The van der Waals surface area contributed by atoms with Crippen LogP contribution in [0.3, 0.4) is 0 Å². The molecular weight excluding hydrogens is 222 g/mol. The number of pyridine rings is 1. The molecule has 100 valence electrons. The van der Waals surface area contributed by atoms with Crippen molar-refractivity contribution in [2.24, 2.45) is 5.92 Å². The van der Waals surface area contributed by atoms with Crippen molar-refractivity contribution in [3.05, 3.63) is 23.9 Å². The number of nitrogens with zero attached hydrogens (tertiary/aromatic N) is 2. The molecule has 1 saturated heterocycles. The van der Waals surface area contributed by atoms with Gasteiger partial charge in [-0.25, -0.2) is 4.98 Å². The molecule has 1 aliphatic heterocycles. The quantitative estimate of drug-likeness (QED) is 0.890. The molecule has 3 nitrogen and oxygen atoms in total. The number of piperidine rings is 1. The summed E-state index contributed by atoms with van der Waals surface area (Å²) in [6.45, 7) is 8.00. The molecule has 2 heterocycles. The van der Waals surface area contributed by atoms with E-state index in [0.717, 1.165) is 12.5 Å². The maximum atomic E-state index is 4.64. The monoisotopic (exact) mass is 247 g/mol. The molecule has 0 bridgehead atoms. The lowest BCUT2D eigenvalue weighted by Gasteiger charge is -2.40. The van der Waals surface area contributed by atoms with Crippen LogP contribution in [-0.2, 0) is 0 Å². The molecule has 1 aromatic rings. The second kappa shape index (κ2) is 5.70. The SMILES string of the molecule is CNC(C)c1cccnc1N1CCCC(C)C1C. The van der Waals surface area contributed by atoms with Gasteiger partial charge in [0.25, 0.3) is 0 Å². The molecule has 1 fully saturated rings. The zero-order valence-corrected chi connectivity index (χ0v) is 12.0. The maximum absolute atomic E-state index is 4.64. The summed E-state index contributed by atoms with van der Waals surface area (Å²) in [5.74, 6) is 1.91. The van der Waals surface area contributed by atoms with Gasteiger partial charge in [-0.15, -0.1) is 0 Å². The van der Waals surface area contributed by atoms with Crippen LogP contribution < -0.4 is 10.2 Å². The summed E-state index contributed by atoms with van der Waals surface area (Å²) in [6.07, 6.45) is 4.52. The number of nitrogens with one attached hydrogen (secondary N) is 1. The molecule has 0 aromatic carbocycles. The third kappa shape index (κ3) is 2.51. The van der Waals surface area contributed by atoms with Crippen LogP contribution in [0.5, 0.6) is 0 Å². The second-order valence-electron chi connectivity index (χ2n) is 5.48. The number of hydrogen-bond donors (Lipinski definition) is 1. The normalized spacial score (nSPS) is 26.1. The highest BCUT2D eigenvalue weighted by atomic mass is 15.2. The van der Waals surface area contributed by atoms with Gasteiger partial charge in [-0.1, -0.05) is 13.0 Å². The van der Waals surface area contributed by atoms with E-state index in [1.54, 1.807) is 0 Å². The van der Waals surface area contributed by atoms with Gasteiger partial charge in [0, 0.05) is 30.4 Å². The van der Waals surface area contributed by atoms with Gasteiger partial charge in [-0.2, -0.15) is 0 Å². The summed E-state index contributed by atoms with van der Waals surface area (Å²) >= 11 is 0. The number of hydrogen-bond acceptors (Lipinski definition) is 3. The van der Waals surface area contributed by atoms with Crippen molar-refractivity contribution < 1.29 is 0 Å². The second-order valence-corrected chi connectivity index (χ2v) is 5.48. The van der Waals surface area contributed by atoms with Crippen LogP contribution in [0.1, 0.15) is 45.2 Å². The average molecular weight is 247 g/mol. The van der Waals surface area contributed by atoms with E-state index in [-0.39, 0.29) is 0 Å². The number of anilines is 1. The summed E-state index contributed by atoms with van der Waals surface area (Å²) < 4.78 is 0. The number of rotatable bonds is 3. The van der Waals surface area contributed by atoms with E-state index in [9.17, 15) is 0 Å². The molecule has 18 heavy (non-hydrogen) atoms. The van der Waals surface area contributed by atoms with Crippen LogP contribution in [0.15, 0.2) is 18.3 Å². The van der Waals surface area contributed by atoms with E-state index in [4.69, 9.17) is 0 Å². The summed E-state index contributed by atoms with van der Waals surface area (Å²) in [5.41, 5.74) is 1.31. The molecule has 3 heteroatoms. The van der Waals surface area contributed by atoms with Crippen molar-refractivity contribution >= 4 is 5.82 Å². The predicted molar refractivity (Wildman–Crippen MR) is 76.9 cm³/mol. The zero-order valence-electron chi connectivity index (χ0n) is 12.0. The van der Waals surface area contributed by atoms with Crippen LogP contribution in [0.25, 0.3) is 0 Å². The number of aromatic nitrogens is 1. The topological polar surface area (TPSA) is 28.2 Å². The van der Waals surface area contributed by atoms with E-state index < -0.39 is 0 Å². The lowest BCUT2D eigenvalue weighted by molar-refractivity contribution is 0.360. The van der Waals surface area contributed by atoms with Crippen molar-refractivity contribution in [1.29, 1.82) is 0 Å². The Morgan fingerprint density at radius 1 is 1.44 bits per heavy atom. The van der Waals surface area contributed by atoms with Gasteiger partial charge in [0.1, 0.15) is 5.82 Å². The van der Waals surface area contributed by atoms with E-state index in [2.05, 4.69) is 42.0 Å². The van der Waals surface area contributed by atoms with Crippen molar-refractivity contribution in [2.75, 3.05) is 18.5 Å². The Morgan fingerprint density at radius 2 is 2.22 bits per heavy atom. The Kier molecular flexibility index (Phi) is 4.23. The Morgan fingerprint density at radius 3 is 2.94 bits per heavy atom. The van der Waals surface area contributed by atoms with E-state index in [1.165, 1.54) is 24.2 Å². The molecular formula is C15H25N3. The fourth-order valence-corrected chi connectivity index (χ4v) is 2.78. The van der Waals surface area contributed by atoms with Crippen LogP contribution in [0.4, 0.5) is 5.82 Å². The van der Waals surface area contributed by atoms with E-state index in [0.29, 0.717) is 12.1 Å². The van der Waals surface area contributed by atoms with Crippen LogP contribution >= 0.6 is 0 Å². The van der Waals surface area contributed by atoms with Gasteiger partial charge < -0.3 is 10.2 Å². The molecule has 2 rings (SSSR count). The molecule has 0 spiro atoms. The van der Waals surface area contributed by atoms with Gasteiger partial charge in [0.15, 0.2) is 0 Å². The van der Waals surface area contributed by atoms with E-state index >= 15 is 0 Å². The van der Waals surface area contributed by atoms with Crippen molar-refractivity contribution in [1.82, 2.24) is 10.3 Å². The van der Waals surface area contributed by atoms with Crippen molar-refractivity contribution in [2.45, 2.75) is 45.7 Å². The Hall–Kier alpha value is -1.09. The van der Waals surface area contributed by atoms with Crippen molar-refractivity contribution in [3.8, 4) is 0 Å². The van der Waals surface area contributed by atoms with Gasteiger partial charge in [0.2, 0.25) is 0 Å². The third-order valence-corrected chi connectivity index (χ3v) is 4.36. The molecule has 0 radical (unpaired) electrons. The largest absolute Gasteiger partial charge is 0.353 e. The minimum atomic E-state index is 0.345. The standard InChI is InChI=1S/C15H25N3/c1-11-7-6-10-18(13(11)3)15-14(12(2)16-4)8-5-9-17-15/h5,8-9,11-13,16H,6-7,10H2,1-4H3. The smallest absolute Gasteiger partial charge is 0.133 e. The molecule has 1 N–H and O–H groups in total. The Balaban J connectivity index is 2.32. The van der Waals surface area contributed by atoms with Gasteiger partial charge in [-0.05, 0) is 45.7 Å². The summed E-state index contributed by atoms with van der Waals surface area (Å²) in [4.78, 5) is 7.13. The molecule has 0 amide bonds. The highest BCUT2D eigenvalue weighted by molar-refractivity contribution is 5.49. The molecule has 1 aliphatic rings. The molecule has 1 aromatic heterocycles. The highest BCUT2D eigenvalue weighted by Crippen LogP contribution is 2.31. The molecule has 3 unspecified atom stereocenters. The lowest BCUT2D eigenvalue weighted by atomic mass is 9.91. The molecule has 3 atom stereocenters. The minimum absolute atomic E-state index is 0.345. The van der Waals surface area contributed by atoms with Crippen LogP contribution in [0, 0.1) is 5.92 Å². The Labute approximate surface area is 111 Å². The van der Waals surface area contributed by atoms with Gasteiger partial charge in [-0.3, -0.25) is 0 Å². The van der Waals surface area contributed by atoms with Crippen LogP contribution in [-0.4, -0.2) is 24.6 Å². The van der Waals surface area contributed by atoms with Crippen LogP contribution in [0.2, 0.25) is 0 Å². The summed E-state index contributed by atoms with van der Waals surface area (Å²) in [5, 5.41) is 3.32. The summed E-state index contributed by atoms with van der Waals surface area (Å²) in [7, 11) is 2.00. The first-order valence-corrected chi connectivity index (χ1v) is 7.04. The van der Waals surface area contributed by atoms with Crippen molar-refractivity contribution in [3.63, 3.8) is 0 Å². The average Bonchev–Trinajstić information content (AvgIpc) is 2.41. The first-order chi connectivity index (χ1) is 8.65. The van der Waals surface area contributed by atoms with Gasteiger partial charge in [0.05, 0.1) is 0 Å². The first kappa shape index (κ1) is 13.3. The first-order valence-electron chi connectivity index (χ1n) is 7.04. The fourth-order valence-electron chi connectivity index (χ4n) is 2.78. The van der Waals surface area contributed by atoms with Gasteiger partial charge >= 0.3 is 0 Å². The predicted octanol–water partition coefficient (Wildman–Crippen LogP) is 2.99. The minimum Gasteiger partial charge on any atom is -0.353 e. The highest BCUT2D eigenvalue weighted by Gasteiger charge is 2.27. The Bertz CT molecular complexity index is 391. The third-order valence-electron chi connectivity index (χ3n) is 4.36. The molecule has 0 aliphatic carbocycles. The maximum Gasteiger partial charge on any atom is 0.133 e. The van der Waals surface area contributed by atoms with E-state index in [1.807, 2.05) is 19.3 Å². The zero-order chi connectivity index (χ0) is 13.1. The fraction of sp³-hybridized carbons (Fsp3) is 0.667. The lowest BCUT2D eigenvalue weighted by Crippen LogP contribution is -2.43. The summed E-state index contributed by atoms with van der Waals surface area (Å²) in [6, 6.07) is 5.15.